The number of fused-ring (bicyclic) bond motifs is 1. The highest BCUT2D eigenvalue weighted by molar-refractivity contribution is 7.18. The third-order valence-electron chi connectivity index (χ3n) is 4.30. The van der Waals surface area contributed by atoms with Crippen LogP contribution in [-0.4, -0.2) is 11.0 Å². The number of aryl methyl sites for hydroxylation is 1. The van der Waals surface area contributed by atoms with Gasteiger partial charge in [-0.1, -0.05) is 24.1 Å². The molecule has 3 aromatic rings. The first-order chi connectivity index (χ1) is 13.2. The molecule has 0 spiro atoms. The molecule has 0 bridgehead atoms. The Bertz CT molecular complexity index is 959. The lowest BCUT2D eigenvalue weighted by Crippen LogP contribution is -2.19. The number of nitrogens with zero attached hydrogens (tertiary/aromatic N) is 1. The van der Waals surface area contributed by atoms with Gasteiger partial charge in [-0.15, -0.1) is 22.7 Å². The molecule has 0 aromatic carbocycles. The van der Waals surface area contributed by atoms with Crippen LogP contribution in [0, 0.1) is 18.8 Å². The summed E-state index contributed by atoms with van der Waals surface area (Å²) in [6, 6.07) is 6.71. The third kappa shape index (κ3) is 5.43. The summed E-state index contributed by atoms with van der Waals surface area (Å²) in [5, 5.41) is 7.76. The molecule has 1 aliphatic carbocycles. The van der Waals surface area contributed by atoms with Gasteiger partial charge in [0.1, 0.15) is 5.69 Å². The third-order valence-corrected chi connectivity index (χ3v) is 6.29. The Hall–Kier alpha value is -2.13. The SMILES string of the molecule is CC#Cc1cc(NCc2cccs2)c2scc(C)c2n1.NC1CC=CCC1. The number of allylic oxidation sites excluding steroid dienone is 1. The second-order valence-electron chi connectivity index (χ2n) is 6.50. The number of aromatic nitrogens is 1. The maximum Gasteiger partial charge on any atom is 0.116 e. The molecule has 0 saturated carbocycles. The highest BCUT2D eigenvalue weighted by atomic mass is 32.1. The van der Waals surface area contributed by atoms with Gasteiger partial charge in [0.2, 0.25) is 0 Å². The first kappa shape index (κ1) is 19.6. The average Bonchev–Trinajstić information content (AvgIpc) is 3.32. The summed E-state index contributed by atoms with van der Waals surface area (Å²) in [5.74, 6) is 5.98. The number of hydrogen-bond acceptors (Lipinski definition) is 5. The van der Waals surface area contributed by atoms with Crippen LogP contribution in [0.1, 0.15) is 42.3 Å². The minimum Gasteiger partial charge on any atom is -0.379 e. The molecule has 3 aromatic heterocycles. The molecule has 0 saturated heterocycles. The molecule has 1 aliphatic rings. The van der Waals surface area contributed by atoms with E-state index in [9.17, 15) is 0 Å². The molecule has 0 fully saturated rings. The fourth-order valence-electron chi connectivity index (χ4n) is 2.86. The fraction of sp³-hybridized carbons (Fsp3) is 0.318. The molecule has 27 heavy (non-hydrogen) atoms. The highest BCUT2D eigenvalue weighted by Crippen LogP contribution is 2.31. The Kier molecular flexibility index (Phi) is 7.05. The molecular formula is C22H25N3S2. The van der Waals surface area contributed by atoms with Crippen molar-refractivity contribution in [2.45, 2.75) is 45.7 Å². The van der Waals surface area contributed by atoms with Crippen LogP contribution in [0.5, 0.6) is 0 Å². The lowest BCUT2D eigenvalue weighted by atomic mass is 10.0. The summed E-state index contributed by atoms with van der Waals surface area (Å²) in [6.07, 6.45) is 7.80. The number of thiophene rings is 2. The number of anilines is 1. The Balaban J connectivity index is 0.000000253. The number of nitrogens with one attached hydrogen (secondary N) is 1. The van der Waals surface area contributed by atoms with Gasteiger partial charge in [-0.05, 0) is 67.5 Å². The Morgan fingerprint density at radius 3 is 2.85 bits per heavy atom. The molecule has 1 unspecified atom stereocenters. The molecule has 1 atom stereocenters. The van der Waals surface area contributed by atoms with Crippen molar-refractivity contribution in [3.63, 3.8) is 0 Å². The van der Waals surface area contributed by atoms with Gasteiger partial charge in [0.05, 0.1) is 15.9 Å². The minimum absolute atomic E-state index is 0.449. The average molecular weight is 396 g/mol. The largest absolute Gasteiger partial charge is 0.379 e. The van der Waals surface area contributed by atoms with Gasteiger partial charge >= 0.3 is 0 Å². The zero-order chi connectivity index (χ0) is 19.1. The lowest BCUT2D eigenvalue weighted by molar-refractivity contribution is 0.606. The van der Waals surface area contributed by atoms with Gasteiger partial charge in [-0.3, -0.25) is 0 Å². The predicted octanol–water partition coefficient (Wildman–Crippen LogP) is 5.70. The number of nitrogens with two attached hydrogens (primary N) is 1. The molecule has 5 heteroatoms. The van der Waals surface area contributed by atoms with Crippen LogP contribution in [0.3, 0.4) is 0 Å². The van der Waals surface area contributed by atoms with Gasteiger partial charge in [-0.2, -0.15) is 0 Å². The molecule has 0 amide bonds. The van der Waals surface area contributed by atoms with Crippen molar-refractivity contribution in [1.29, 1.82) is 0 Å². The van der Waals surface area contributed by atoms with Crippen molar-refractivity contribution in [3.8, 4) is 11.8 Å². The summed E-state index contributed by atoms with van der Waals surface area (Å²) in [6.45, 7) is 4.77. The van der Waals surface area contributed by atoms with Crippen LogP contribution in [0.15, 0.2) is 41.1 Å². The van der Waals surface area contributed by atoms with E-state index in [2.05, 4.69) is 64.1 Å². The van der Waals surface area contributed by atoms with Crippen LogP contribution >= 0.6 is 22.7 Å². The summed E-state index contributed by atoms with van der Waals surface area (Å²) >= 11 is 3.50. The standard InChI is InChI=1S/C16H14N2S2.C6H11N/c1-3-5-12-8-14(17-9-13-6-4-7-19-13)16-15(18-12)11(2)10-20-16;7-6-4-2-1-3-5-6/h4,6-8,10H,9H2,1-2H3,(H,17,18);1-2,6H,3-5,7H2. The quantitative estimate of drug-likeness (QED) is 0.441. The maximum absolute atomic E-state index is 5.58. The van der Waals surface area contributed by atoms with Gasteiger partial charge in [0.25, 0.3) is 0 Å². The van der Waals surface area contributed by atoms with Crippen molar-refractivity contribution < 1.29 is 0 Å². The van der Waals surface area contributed by atoms with Crippen LogP contribution in [0.2, 0.25) is 0 Å². The Morgan fingerprint density at radius 2 is 2.22 bits per heavy atom. The fourth-order valence-corrected chi connectivity index (χ4v) is 4.49. The van der Waals surface area contributed by atoms with E-state index in [1.807, 2.05) is 13.0 Å². The highest BCUT2D eigenvalue weighted by Gasteiger charge is 2.09. The van der Waals surface area contributed by atoms with E-state index in [1.165, 1.54) is 28.0 Å². The normalized spacial score (nSPS) is 15.6. The minimum atomic E-state index is 0.449. The number of rotatable bonds is 3. The first-order valence-corrected chi connectivity index (χ1v) is 10.9. The van der Waals surface area contributed by atoms with Crippen molar-refractivity contribution in [1.82, 2.24) is 4.98 Å². The maximum atomic E-state index is 5.58. The first-order valence-electron chi connectivity index (χ1n) is 9.16. The van der Waals surface area contributed by atoms with Gasteiger partial charge in [0, 0.05) is 17.5 Å². The topological polar surface area (TPSA) is 50.9 Å². The number of hydrogen-bond donors (Lipinski definition) is 2. The van der Waals surface area contributed by atoms with Crippen molar-refractivity contribution in [2.75, 3.05) is 5.32 Å². The van der Waals surface area contributed by atoms with E-state index < -0.39 is 0 Å². The van der Waals surface area contributed by atoms with Gasteiger partial charge in [0.15, 0.2) is 0 Å². The van der Waals surface area contributed by atoms with E-state index in [0.717, 1.165) is 29.9 Å². The predicted molar refractivity (Wildman–Crippen MR) is 120 cm³/mol. The van der Waals surface area contributed by atoms with Crippen LogP contribution in [0.4, 0.5) is 5.69 Å². The van der Waals surface area contributed by atoms with E-state index in [1.54, 1.807) is 22.7 Å². The second-order valence-corrected chi connectivity index (χ2v) is 8.42. The molecule has 3 nitrogen and oxygen atoms in total. The summed E-state index contributed by atoms with van der Waals surface area (Å²) in [7, 11) is 0. The molecular weight excluding hydrogens is 370 g/mol. The molecule has 0 radical (unpaired) electrons. The van der Waals surface area contributed by atoms with E-state index >= 15 is 0 Å². The molecule has 0 aliphatic heterocycles. The van der Waals surface area contributed by atoms with Gasteiger partial charge < -0.3 is 11.1 Å². The number of pyridine rings is 1. The monoisotopic (exact) mass is 395 g/mol. The summed E-state index contributed by atoms with van der Waals surface area (Å²) < 4.78 is 1.21. The van der Waals surface area contributed by atoms with Crippen molar-refractivity contribution >= 4 is 38.6 Å². The molecule has 140 valence electrons. The van der Waals surface area contributed by atoms with E-state index in [4.69, 9.17) is 5.73 Å². The molecule has 4 rings (SSSR count). The lowest BCUT2D eigenvalue weighted by Gasteiger charge is -2.09. The van der Waals surface area contributed by atoms with Crippen molar-refractivity contribution in [2.24, 2.45) is 5.73 Å². The Labute approximate surface area is 169 Å². The van der Waals surface area contributed by atoms with E-state index in [0.29, 0.717) is 6.04 Å². The molecule has 3 heterocycles. The van der Waals surface area contributed by atoms with E-state index in [-0.39, 0.29) is 0 Å². The Morgan fingerprint density at radius 1 is 1.33 bits per heavy atom. The summed E-state index contributed by atoms with van der Waals surface area (Å²) in [5.41, 5.74) is 9.81. The molecule has 3 N–H and O–H groups in total. The van der Waals surface area contributed by atoms with Crippen LogP contribution in [-0.2, 0) is 6.54 Å². The zero-order valence-corrected chi connectivity index (χ0v) is 17.4. The zero-order valence-electron chi connectivity index (χ0n) is 15.8. The second kappa shape index (κ2) is 9.70. The van der Waals surface area contributed by atoms with Crippen LogP contribution in [0.25, 0.3) is 10.2 Å². The smallest absolute Gasteiger partial charge is 0.116 e. The van der Waals surface area contributed by atoms with Crippen molar-refractivity contribution in [3.05, 3.63) is 57.2 Å². The van der Waals surface area contributed by atoms with Crippen LogP contribution < -0.4 is 11.1 Å². The summed E-state index contributed by atoms with van der Waals surface area (Å²) in [4.78, 5) is 5.95. The van der Waals surface area contributed by atoms with Gasteiger partial charge in [-0.25, -0.2) is 4.98 Å².